The Balaban J connectivity index is 1.37. The van der Waals surface area contributed by atoms with Crippen LogP contribution in [0.3, 0.4) is 0 Å². The Labute approximate surface area is 171 Å². The standard InChI is InChI=1S/C22H28FN5O/c23-18-9-5-6-10-20(18)27-13-15-28(16-14-27)21(29)19-11-12-24-22(26-19)25-17-7-3-1-2-4-8-17/h5-6,9-12,17H,1-4,7-8,13-16H2,(H,24,25,26). The van der Waals surface area contributed by atoms with Crippen molar-refractivity contribution in [3.63, 3.8) is 0 Å². The van der Waals surface area contributed by atoms with E-state index in [1.165, 1.54) is 31.7 Å². The summed E-state index contributed by atoms with van der Waals surface area (Å²) in [5.41, 5.74) is 1.01. The van der Waals surface area contributed by atoms with Crippen molar-refractivity contribution < 1.29 is 9.18 Å². The summed E-state index contributed by atoms with van der Waals surface area (Å²) in [6.07, 6.45) is 8.92. The van der Waals surface area contributed by atoms with E-state index < -0.39 is 0 Å². The molecule has 1 aliphatic heterocycles. The molecule has 2 fully saturated rings. The first-order valence-electron chi connectivity index (χ1n) is 10.6. The zero-order valence-corrected chi connectivity index (χ0v) is 16.7. The summed E-state index contributed by atoms with van der Waals surface area (Å²) >= 11 is 0. The van der Waals surface area contributed by atoms with Crippen LogP contribution in [-0.4, -0.2) is 53.0 Å². The lowest BCUT2D eigenvalue weighted by molar-refractivity contribution is 0.0740. The quantitative estimate of drug-likeness (QED) is 0.797. The van der Waals surface area contributed by atoms with Crippen LogP contribution in [-0.2, 0) is 0 Å². The smallest absolute Gasteiger partial charge is 0.272 e. The van der Waals surface area contributed by atoms with Gasteiger partial charge in [-0.15, -0.1) is 0 Å². The summed E-state index contributed by atoms with van der Waals surface area (Å²) < 4.78 is 14.0. The molecule has 1 aromatic heterocycles. The van der Waals surface area contributed by atoms with Gasteiger partial charge in [0.1, 0.15) is 11.5 Å². The Morgan fingerprint density at radius 3 is 2.45 bits per heavy atom. The number of hydrogen-bond donors (Lipinski definition) is 1. The van der Waals surface area contributed by atoms with Gasteiger partial charge in [-0.2, -0.15) is 0 Å². The van der Waals surface area contributed by atoms with Crippen LogP contribution >= 0.6 is 0 Å². The molecule has 1 aliphatic carbocycles. The van der Waals surface area contributed by atoms with Crippen LogP contribution in [0.15, 0.2) is 36.5 Å². The first-order valence-corrected chi connectivity index (χ1v) is 10.6. The van der Waals surface area contributed by atoms with Crippen molar-refractivity contribution in [2.45, 2.75) is 44.6 Å². The van der Waals surface area contributed by atoms with Gasteiger partial charge >= 0.3 is 0 Å². The number of hydrogen-bond acceptors (Lipinski definition) is 5. The zero-order valence-electron chi connectivity index (χ0n) is 16.7. The van der Waals surface area contributed by atoms with Gasteiger partial charge in [0.2, 0.25) is 5.95 Å². The van der Waals surface area contributed by atoms with Gasteiger partial charge in [-0.3, -0.25) is 4.79 Å². The normalized spacial score (nSPS) is 18.4. The maximum atomic E-state index is 14.0. The van der Waals surface area contributed by atoms with Crippen LogP contribution in [0.5, 0.6) is 0 Å². The third-order valence-electron chi connectivity index (χ3n) is 5.82. The van der Waals surface area contributed by atoms with E-state index in [0.29, 0.717) is 49.6 Å². The molecule has 0 spiro atoms. The van der Waals surface area contributed by atoms with E-state index in [9.17, 15) is 9.18 Å². The molecule has 0 atom stereocenters. The number of aromatic nitrogens is 2. The predicted octanol–water partition coefficient (Wildman–Crippen LogP) is 3.71. The number of anilines is 2. The highest BCUT2D eigenvalue weighted by atomic mass is 19.1. The average Bonchev–Trinajstić information content (AvgIpc) is 3.03. The number of amides is 1. The van der Waals surface area contributed by atoms with Crippen LogP contribution in [0.25, 0.3) is 0 Å². The molecule has 6 nitrogen and oxygen atoms in total. The summed E-state index contributed by atoms with van der Waals surface area (Å²) in [7, 11) is 0. The van der Waals surface area contributed by atoms with Crippen molar-refractivity contribution in [3.05, 3.63) is 48.0 Å². The van der Waals surface area contributed by atoms with E-state index in [0.717, 1.165) is 12.8 Å². The fraction of sp³-hybridized carbons (Fsp3) is 0.500. The molecule has 154 valence electrons. The molecule has 1 N–H and O–H groups in total. The molecule has 2 aliphatic rings. The van der Waals surface area contributed by atoms with Gasteiger partial charge < -0.3 is 15.1 Å². The summed E-state index contributed by atoms with van der Waals surface area (Å²) in [5.74, 6) is 0.217. The van der Waals surface area contributed by atoms with Crippen molar-refractivity contribution in [2.24, 2.45) is 0 Å². The lowest BCUT2D eigenvalue weighted by Crippen LogP contribution is -2.49. The number of carbonyl (C=O) groups is 1. The second kappa shape index (κ2) is 9.20. The van der Waals surface area contributed by atoms with Gasteiger partial charge in [0.25, 0.3) is 5.91 Å². The van der Waals surface area contributed by atoms with Crippen LogP contribution in [0.1, 0.15) is 49.0 Å². The van der Waals surface area contributed by atoms with Gasteiger partial charge in [-0.05, 0) is 31.0 Å². The average molecular weight is 397 g/mol. The predicted molar refractivity (Wildman–Crippen MR) is 112 cm³/mol. The highest BCUT2D eigenvalue weighted by Gasteiger charge is 2.25. The lowest BCUT2D eigenvalue weighted by atomic mass is 10.1. The summed E-state index contributed by atoms with van der Waals surface area (Å²) in [6, 6.07) is 8.82. The van der Waals surface area contributed by atoms with Crippen LogP contribution in [0, 0.1) is 5.82 Å². The van der Waals surface area contributed by atoms with Gasteiger partial charge in [-0.25, -0.2) is 14.4 Å². The number of nitrogens with one attached hydrogen (secondary N) is 1. The maximum absolute atomic E-state index is 14.0. The summed E-state index contributed by atoms with van der Waals surface area (Å²) in [5, 5.41) is 3.41. The van der Waals surface area contributed by atoms with Gasteiger partial charge in [-0.1, -0.05) is 37.8 Å². The Kier molecular flexibility index (Phi) is 6.22. The molecule has 1 aromatic carbocycles. The number of piperazine rings is 1. The second-order valence-corrected chi connectivity index (χ2v) is 7.83. The van der Waals surface area contributed by atoms with E-state index in [2.05, 4.69) is 15.3 Å². The van der Waals surface area contributed by atoms with Crippen LogP contribution < -0.4 is 10.2 Å². The molecule has 4 rings (SSSR count). The largest absolute Gasteiger partial charge is 0.366 e. The number of benzene rings is 1. The van der Waals surface area contributed by atoms with Crippen molar-refractivity contribution in [1.82, 2.24) is 14.9 Å². The van der Waals surface area contributed by atoms with Gasteiger partial charge in [0.05, 0.1) is 5.69 Å². The number of rotatable bonds is 4. The molecule has 0 unspecified atom stereocenters. The first kappa shape index (κ1) is 19.6. The lowest BCUT2D eigenvalue weighted by Gasteiger charge is -2.36. The molecule has 1 saturated carbocycles. The second-order valence-electron chi connectivity index (χ2n) is 7.83. The summed E-state index contributed by atoms with van der Waals surface area (Å²) in [4.78, 5) is 25.5. The number of nitrogens with zero attached hydrogens (tertiary/aromatic N) is 4. The van der Waals surface area contributed by atoms with E-state index in [-0.39, 0.29) is 11.7 Å². The van der Waals surface area contributed by atoms with E-state index in [4.69, 9.17) is 0 Å². The first-order chi connectivity index (χ1) is 14.2. The van der Waals surface area contributed by atoms with Crippen molar-refractivity contribution in [2.75, 3.05) is 36.4 Å². The molecule has 29 heavy (non-hydrogen) atoms. The molecule has 1 saturated heterocycles. The topological polar surface area (TPSA) is 61.4 Å². The maximum Gasteiger partial charge on any atom is 0.272 e. The van der Waals surface area contributed by atoms with Crippen molar-refractivity contribution in [1.29, 1.82) is 0 Å². The SMILES string of the molecule is O=C(c1ccnc(NC2CCCCCC2)n1)N1CCN(c2ccccc2F)CC1. The fourth-order valence-corrected chi connectivity index (χ4v) is 4.17. The molecular formula is C22H28FN5O. The van der Waals surface area contributed by atoms with Crippen LogP contribution in [0.2, 0.25) is 0 Å². The minimum Gasteiger partial charge on any atom is -0.366 e. The minimum absolute atomic E-state index is 0.0931. The van der Waals surface area contributed by atoms with Crippen molar-refractivity contribution >= 4 is 17.5 Å². The monoisotopic (exact) mass is 397 g/mol. The van der Waals surface area contributed by atoms with E-state index in [1.807, 2.05) is 11.0 Å². The van der Waals surface area contributed by atoms with Gasteiger partial charge in [0.15, 0.2) is 0 Å². The third-order valence-corrected chi connectivity index (χ3v) is 5.82. The van der Waals surface area contributed by atoms with Crippen LogP contribution in [0.4, 0.5) is 16.0 Å². The number of halogens is 1. The minimum atomic E-state index is -0.225. The highest BCUT2D eigenvalue weighted by Crippen LogP contribution is 2.22. The summed E-state index contributed by atoms with van der Waals surface area (Å²) in [6.45, 7) is 2.29. The number of para-hydroxylation sites is 1. The zero-order chi connectivity index (χ0) is 20.1. The highest BCUT2D eigenvalue weighted by molar-refractivity contribution is 5.92. The van der Waals surface area contributed by atoms with E-state index in [1.54, 1.807) is 29.3 Å². The Hall–Kier alpha value is -2.70. The Morgan fingerprint density at radius 2 is 1.72 bits per heavy atom. The molecule has 0 bridgehead atoms. The molecule has 7 heteroatoms. The number of carbonyl (C=O) groups excluding carboxylic acids is 1. The van der Waals surface area contributed by atoms with Crippen molar-refractivity contribution in [3.8, 4) is 0 Å². The third kappa shape index (κ3) is 4.83. The molecule has 0 radical (unpaired) electrons. The molecule has 2 aromatic rings. The Bertz CT molecular complexity index is 829. The molecule has 2 heterocycles. The van der Waals surface area contributed by atoms with E-state index >= 15 is 0 Å². The molecular weight excluding hydrogens is 369 g/mol. The van der Waals surface area contributed by atoms with Gasteiger partial charge in [0, 0.05) is 38.4 Å². The molecule has 1 amide bonds. The fourth-order valence-electron chi connectivity index (χ4n) is 4.17. The Morgan fingerprint density at radius 1 is 1.00 bits per heavy atom.